The van der Waals surface area contributed by atoms with Crippen molar-refractivity contribution in [2.45, 2.75) is 38.4 Å². The van der Waals surface area contributed by atoms with Gasteiger partial charge in [-0.15, -0.1) is 0 Å². The lowest BCUT2D eigenvalue weighted by Crippen LogP contribution is -2.56. The highest BCUT2D eigenvalue weighted by molar-refractivity contribution is 5.66. The third-order valence-corrected chi connectivity index (χ3v) is 4.49. The molecule has 1 amide bonds. The smallest absolute Gasteiger partial charge is 0.407 e. The van der Waals surface area contributed by atoms with Crippen molar-refractivity contribution < 1.29 is 24.1 Å². The van der Waals surface area contributed by atoms with Crippen LogP contribution < -0.4 is 0 Å². The number of hydrogen-bond donors (Lipinski definition) is 2. The van der Waals surface area contributed by atoms with Crippen LogP contribution in [0.4, 0.5) is 9.18 Å². The average molecular weight is 335 g/mol. The highest BCUT2D eigenvalue weighted by Crippen LogP contribution is 2.30. The van der Waals surface area contributed by atoms with Crippen molar-refractivity contribution in [2.24, 2.45) is 0 Å². The number of carbonyl (C=O) groups is 1. The van der Waals surface area contributed by atoms with Gasteiger partial charge < -0.3 is 19.8 Å². The number of halogens is 1. The number of aliphatic hydroxyl groups excluding tert-OH is 1. The van der Waals surface area contributed by atoms with E-state index in [1.165, 1.54) is 11.0 Å². The molecule has 1 fully saturated rings. The van der Waals surface area contributed by atoms with Gasteiger partial charge in [0.1, 0.15) is 5.82 Å². The molecule has 2 N–H and O–H groups in total. The first-order chi connectivity index (χ1) is 11.3. The molecule has 0 spiro atoms. The van der Waals surface area contributed by atoms with Crippen LogP contribution in [0.1, 0.15) is 30.5 Å². The van der Waals surface area contributed by atoms with Crippen LogP contribution in [0.15, 0.2) is 17.7 Å². The second-order valence-electron chi connectivity index (χ2n) is 7.15. The van der Waals surface area contributed by atoms with Crippen molar-refractivity contribution in [1.82, 2.24) is 4.90 Å². The molecule has 24 heavy (non-hydrogen) atoms. The van der Waals surface area contributed by atoms with E-state index >= 15 is 0 Å². The van der Waals surface area contributed by atoms with Gasteiger partial charge in [0.05, 0.1) is 31.4 Å². The van der Waals surface area contributed by atoms with Gasteiger partial charge in [0.2, 0.25) is 0 Å². The second kappa shape index (κ2) is 6.18. The van der Waals surface area contributed by atoms with Gasteiger partial charge in [-0.1, -0.05) is 12.1 Å². The number of amides is 1. The standard InChI is InChI=1S/C18H22FNO4/c1-18(2,24-14-8-20(9-14)17(22)23)7-11-3-13-4-12(10-21)5-15(13)16(19)6-11/h3-4,6,14,21H,5,7-10H2,1-2H3,(H,22,23). The molecule has 130 valence electrons. The lowest BCUT2D eigenvalue weighted by atomic mass is 9.94. The van der Waals surface area contributed by atoms with Crippen LogP contribution in [0.5, 0.6) is 0 Å². The molecule has 2 aliphatic rings. The summed E-state index contributed by atoms with van der Waals surface area (Å²) in [4.78, 5) is 12.1. The number of carboxylic acid groups (broad SMARTS) is 1. The molecule has 0 unspecified atom stereocenters. The lowest BCUT2D eigenvalue weighted by Gasteiger charge is -2.41. The summed E-state index contributed by atoms with van der Waals surface area (Å²) in [5.41, 5.74) is 2.60. The van der Waals surface area contributed by atoms with E-state index in [0.29, 0.717) is 31.5 Å². The maximum atomic E-state index is 14.3. The molecule has 5 nitrogen and oxygen atoms in total. The Labute approximate surface area is 140 Å². The Morgan fingerprint density at radius 1 is 1.42 bits per heavy atom. The first-order valence-electron chi connectivity index (χ1n) is 8.05. The van der Waals surface area contributed by atoms with E-state index in [-0.39, 0.29) is 18.5 Å². The van der Waals surface area contributed by atoms with Gasteiger partial charge in [-0.3, -0.25) is 0 Å². The summed E-state index contributed by atoms with van der Waals surface area (Å²) < 4.78 is 20.3. The Bertz CT molecular complexity index is 693. The van der Waals surface area contributed by atoms with E-state index in [1.54, 1.807) is 0 Å². The third-order valence-electron chi connectivity index (χ3n) is 4.49. The van der Waals surface area contributed by atoms with Crippen LogP contribution in [0.2, 0.25) is 0 Å². The normalized spacial score (nSPS) is 17.5. The van der Waals surface area contributed by atoms with Crippen LogP contribution in [-0.2, 0) is 17.6 Å². The molecule has 1 aliphatic carbocycles. The molecule has 0 atom stereocenters. The van der Waals surface area contributed by atoms with Crippen LogP contribution in [0.3, 0.4) is 0 Å². The van der Waals surface area contributed by atoms with Crippen molar-refractivity contribution in [3.05, 3.63) is 40.2 Å². The van der Waals surface area contributed by atoms with Crippen molar-refractivity contribution in [2.75, 3.05) is 19.7 Å². The van der Waals surface area contributed by atoms with E-state index in [1.807, 2.05) is 26.0 Å². The summed E-state index contributed by atoms with van der Waals surface area (Å²) in [6, 6.07) is 3.47. The van der Waals surface area contributed by atoms with E-state index < -0.39 is 11.7 Å². The number of hydrogen-bond acceptors (Lipinski definition) is 3. The van der Waals surface area contributed by atoms with Gasteiger partial charge >= 0.3 is 6.09 Å². The van der Waals surface area contributed by atoms with Crippen LogP contribution in [-0.4, -0.2) is 52.6 Å². The van der Waals surface area contributed by atoms with Gasteiger partial charge in [0.15, 0.2) is 0 Å². The Hall–Kier alpha value is -1.92. The number of benzene rings is 1. The number of fused-ring (bicyclic) bond motifs is 1. The van der Waals surface area contributed by atoms with Gasteiger partial charge in [0, 0.05) is 6.42 Å². The van der Waals surface area contributed by atoms with E-state index in [9.17, 15) is 14.3 Å². The predicted octanol–water partition coefficient (Wildman–Crippen LogP) is 2.46. The van der Waals surface area contributed by atoms with Crippen LogP contribution >= 0.6 is 0 Å². The van der Waals surface area contributed by atoms with Crippen molar-refractivity contribution in [1.29, 1.82) is 0 Å². The number of ether oxygens (including phenoxy) is 1. The summed E-state index contributed by atoms with van der Waals surface area (Å²) in [7, 11) is 0. The van der Waals surface area contributed by atoms with E-state index in [0.717, 1.165) is 16.7 Å². The minimum absolute atomic E-state index is 0.0557. The molecule has 6 heteroatoms. The highest BCUT2D eigenvalue weighted by atomic mass is 19.1. The van der Waals surface area contributed by atoms with E-state index in [4.69, 9.17) is 9.84 Å². The van der Waals surface area contributed by atoms with Crippen molar-refractivity contribution >= 4 is 12.2 Å². The Kier molecular flexibility index (Phi) is 4.36. The van der Waals surface area contributed by atoms with Gasteiger partial charge in [-0.2, -0.15) is 0 Å². The molecular formula is C18H22FNO4. The molecule has 1 aliphatic heterocycles. The zero-order chi connectivity index (χ0) is 17.5. The van der Waals surface area contributed by atoms with Crippen LogP contribution in [0.25, 0.3) is 6.08 Å². The maximum Gasteiger partial charge on any atom is 0.407 e. The molecule has 0 saturated carbocycles. The molecule has 3 rings (SSSR count). The number of likely N-dealkylation sites (tertiary alicyclic amines) is 1. The summed E-state index contributed by atoms with van der Waals surface area (Å²) in [5.74, 6) is -0.251. The van der Waals surface area contributed by atoms with Crippen molar-refractivity contribution in [3.63, 3.8) is 0 Å². The number of nitrogens with zero attached hydrogens (tertiary/aromatic N) is 1. The van der Waals surface area contributed by atoms with Gasteiger partial charge in [-0.25, -0.2) is 9.18 Å². The molecule has 0 aromatic heterocycles. The fourth-order valence-electron chi connectivity index (χ4n) is 3.39. The fraction of sp³-hybridized carbons (Fsp3) is 0.500. The summed E-state index contributed by atoms with van der Waals surface area (Å²) in [6.45, 7) is 4.55. The van der Waals surface area contributed by atoms with Crippen LogP contribution in [0, 0.1) is 5.82 Å². The summed E-state index contributed by atoms with van der Waals surface area (Å²) in [6.07, 6.45) is 1.79. The second-order valence-corrected chi connectivity index (χ2v) is 7.15. The molecule has 1 aromatic rings. The highest BCUT2D eigenvalue weighted by Gasteiger charge is 2.35. The van der Waals surface area contributed by atoms with Crippen molar-refractivity contribution in [3.8, 4) is 0 Å². The topological polar surface area (TPSA) is 70.0 Å². The lowest BCUT2D eigenvalue weighted by molar-refractivity contribution is -0.123. The molecular weight excluding hydrogens is 313 g/mol. The Balaban J connectivity index is 1.66. The zero-order valence-corrected chi connectivity index (χ0v) is 13.9. The summed E-state index contributed by atoms with van der Waals surface area (Å²) >= 11 is 0. The fourth-order valence-corrected chi connectivity index (χ4v) is 3.39. The molecule has 1 saturated heterocycles. The number of aliphatic hydroxyl groups is 1. The first kappa shape index (κ1) is 16.9. The minimum Gasteiger partial charge on any atom is -0.465 e. The zero-order valence-electron chi connectivity index (χ0n) is 13.9. The molecule has 0 bridgehead atoms. The molecule has 0 radical (unpaired) electrons. The Morgan fingerprint density at radius 3 is 2.75 bits per heavy atom. The monoisotopic (exact) mass is 335 g/mol. The molecule has 1 aromatic carbocycles. The first-order valence-corrected chi connectivity index (χ1v) is 8.05. The SMILES string of the molecule is CC(C)(Cc1cc(F)c2c(c1)C=C(CO)C2)OC1CN(C(=O)O)C1. The quantitative estimate of drug-likeness (QED) is 0.867. The van der Waals surface area contributed by atoms with Gasteiger partial charge in [-0.05, 0) is 48.6 Å². The predicted molar refractivity (Wildman–Crippen MR) is 87.4 cm³/mol. The minimum atomic E-state index is -0.931. The van der Waals surface area contributed by atoms with E-state index in [2.05, 4.69) is 0 Å². The summed E-state index contributed by atoms with van der Waals surface area (Å²) in [5, 5.41) is 18.1. The largest absolute Gasteiger partial charge is 0.465 e. The third kappa shape index (κ3) is 3.44. The maximum absolute atomic E-state index is 14.3. The number of rotatable bonds is 5. The molecule has 1 heterocycles. The van der Waals surface area contributed by atoms with Gasteiger partial charge in [0.25, 0.3) is 0 Å². The average Bonchev–Trinajstić information content (AvgIpc) is 2.85. The Morgan fingerprint density at radius 2 is 2.12 bits per heavy atom.